The van der Waals surface area contributed by atoms with Crippen LogP contribution >= 0.6 is 0 Å². The second kappa shape index (κ2) is 6.80. The number of aromatic nitrogens is 1. The van der Waals surface area contributed by atoms with Crippen LogP contribution in [0.1, 0.15) is 29.5 Å². The highest BCUT2D eigenvalue weighted by Gasteiger charge is 2.17. The number of benzene rings is 1. The number of aryl methyl sites for hydroxylation is 1. The predicted molar refractivity (Wildman–Crippen MR) is 82.4 cm³/mol. The van der Waals surface area contributed by atoms with E-state index in [0.29, 0.717) is 17.7 Å². The molecule has 0 amide bonds. The van der Waals surface area contributed by atoms with E-state index in [4.69, 9.17) is 4.84 Å². The number of rotatable bonds is 5. The van der Waals surface area contributed by atoms with Crippen molar-refractivity contribution in [3.63, 3.8) is 0 Å². The number of oxime groups is 1. The summed E-state index contributed by atoms with van der Waals surface area (Å²) in [7, 11) is 0. The van der Waals surface area contributed by atoms with Crippen LogP contribution in [0.3, 0.4) is 0 Å². The molecule has 22 heavy (non-hydrogen) atoms. The fraction of sp³-hybridized carbons (Fsp3) is 0.250. The molecule has 2 rings (SSSR count). The van der Waals surface area contributed by atoms with Crippen molar-refractivity contribution in [3.05, 3.63) is 63.4 Å². The van der Waals surface area contributed by atoms with Crippen LogP contribution in [0.15, 0.2) is 46.3 Å². The van der Waals surface area contributed by atoms with Crippen LogP contribution in [0, 0.1) is 6.92 Å². The van der Waals surface area contributed by atoms with Crippen LogP contribution < -0.4 is 5.56 Å². The molecule has 1 aromatic carbocycles. The zero-order valence-corrected chi connectivity index (χ0v) is 12.4. The first kappa shape index (κ1) is 15.6. The van der Waals surface area contributed by atoms with Gasteiger partial charge in [0.25, 0.3) is 5.56 Å². The summed E-state index contributed by atoms with van der Waals surface area (Å²) < 4.78 is 0.220. The van der Waals surface area contributed by atoms with Gasteiger partial charge >= 0.3 is 0 Å². The Bertz CT molecular complexity index is 723. The van der Waals surface area contributed by atoms with E-state index in [1.165, 1.54) is 12.3 Å². The van der Waals surface area contributed by atoms with E-state index in [-0.39, 0.29) is 10.6 Å². The maximum absolute atomic E-state index is 11.3. The highest BCUT2D eigenvalue weighted by Crippen LogP contribution is 2.25. The minimum Gasteiger partial charge on any atom is -0.492 e. The van der Waals surface area contributed by atoms with Gasteiger partial charge in [-0.1, -0.05) is 42.4 Å². The van der Waals surface area contributed by atoms with Crippen molar-refractivity contribution in [1.29, 1.82) is 0 Å². The van der Waals surface area contributed by atoms with Gasteiger partial charge in [0.15, 0.2) is 0 Å². The molecule has 1 atom stereocenters. The van der Waals surface area contributed by atoms with Gasteiger partial charge in [0.2, 0.25) is 5.88 Å². The summed E-state index contributed by atoms with van der Waals surface area (Å²) in [5, 5.41) is 23.2. The molecule has 6 nitrogen and oxygen atoms in total. The standard InChI is InChI=1S/C16H18N2O4/c1-11-8-14(19)18(21)16(20)15(11)12(2)9-17-22-10-13-6-4-3-5-7-13/h3-9,12,20-21H,10H2,1-2H3/b17-9-. The fourth-order valence-electron chi connectivity index (χ4n) is 2.18. The van der Waals surface area contributed by atoms with Crippen LogP contribution in [0.2, 0.25) is 0 Å². The fourth-order valence-corrected chi connectivity index (χ4v) is 2.18. The zero-order valence-electron chi connectivity index (χ0n) is 12.4. The van der Waals surface area contributed by atoms with Crippen LogP contribution in [-0.4, -0.2) is 21.3 Å². The molecule has 6 heteroatoms. The van der Waals surface area contributed by atoms with Gasteiger partial charge in [-0.3, -0.25) is 4.79 Å². The minimum atomic E-state index is -0.678. The Balaban J connectivity index is 2.06. The first-order valence-corrected chi connectivity index (χ1v) is 6.85. The van der Waals surface area contributed by atoms with Gasteiger partial charge < -0.3 is 15.2 Å². The van der Waals surface area contributed by atoms with Gasteiger partial charge in [-0.25, -0.2) is 0 Å². The Hall–Kier alpha value is -2.76. The summed E-state index contributed by atoms with van der Waals surface area (Å²) in [6, 6.07) is 10.9. The lowest BCUT2D eigenvalue weighted by Gasteiger charge is -2.13. The van der Waals surface area contributed by atoms with Gasteiger partial charge in [-0.05, 0) is 18.1 Å². The summed E-state index contributed by atoms with van der Waals surface area (Å²) >= 11 is 0. The number of hydrogen-bond acceptors (Lipinski definition) is 5. The first-order valence-electron chi connectivity index (χ1n) is 6.85. The van der Waals surface area contributed by atoms with Crippen molar-refractivity contribution < 1.29 is 15.2 Å². The van der Waals surface area contributed by atoms with Gasteiger partial charge in [0, 0.05) is 17.5 Å². The summed E-state index contributed by atoms with van der Waals surface area (Å²) in [6.45, 7) is 3.81. The van der Waals surface area contributed by atoms with Crippen LogP contribution in [0.5, 0.6) is 5.88 Å². The molecule has 0 aliphatic carbocycles. The largest absolute Gasteiger partial charge is 0.492 e. The molecule has 0 radical (unpaired) electrons. The normalized spacial score (nSPS) is 12.5. The molecule has 1 heterocycles. The average Bonchev–Trinajstić information content (AvgIpc) is 2.50. The van der Waals surface area contributed by atoms with E-state index < -0.39 is 11.4 Å². The first-order chi connectivity index (χ1) is 10.5. The third-order valence-electron chi connectivity index (χ3n) is 3.30. The molecule has 0 aliphatic heterocycles. The van der Waals surface area contributed by atoms with E-state index in [0.717, 1.165) is 5.56 Å². The zero-order chi connectivity index (χ0) is 16.1. The molecule has 2 aromatic rings. The second-order valence-corrected chi connectivity index (χ2v) is 5.02. The summed E-state index contributed by atoms with van der Waals surface area (Å²) in [4.78, 5) is 16.5. The van der Waals surface area contributed by atoms with Crippen molar-refractivity contribution in [1.82, 2.24) is 4.73 Å². The van der Waals surface area contributed by atoms with Crippen molar-refractivity contribution in [2.45, 2.75) is 26.4 Å². The third kappa shape index (κ3) is 3.46. The van der Waals surface area contributed by atoms with E-state index >= 15 is 0 Å². The molecule has 0 saturated carbocycles. The molecule has 116 valence electrons. The predicted octanol–water partition coefficient (Wildman–Crippen LogP) is 2.41. The van der Waals surface area contributed by atoms with E-state index in [9.17, 15) is 15.1 Å². The maximum atomic E-state index is 11.3. The van der Waals surface area contributed by atoms with Crippen LogP contribution in [-0.2, 0) is 11.4 Å². The Labute approximate surface area is 127 Å². The van der Waals surface area contributed by atoms with Crippen LogP contribution in [0.25, 0.3) is 0 Å². The number of aromatic hydroxyl groups is 1. The smallest absolute Gasteiger partial charge is 0.286 e. The molecule has 0 fully saturated rings. The number of pyridine rings is 1. The lowest BCUT2D eigenvalue weighted by Crippen LogP contribution is -2.19. The molecular formula is C16H18N2O4. The van der Waals surface area contributed by atoms with Gasteiger partial charge in [-0.15, -0.1) is 4.73 Å². The molecule has 1 unspecified atom stereocenters. The molecule has 0 bridgehead atoms. The van der Waals surface area contributed by atoms with Crippen LogP contribution in [0.4, 0.5) is 0 Å². The average molecular weight is 302 g/mol. The van der Waals surface area contributed by atoms with Crippen molar-refractivity contribution in [2.75, 3.05) is 0 Å². The topological polar surface area (TPSA) is 84.1 Å². The third-order valence-corrected chi connectivity index (χ3v) is 3.30. The molecule has 1 aromatic heterocycles. The van der Waals surface area contributed by atoms with E-state index in [1.807, 2.05) is 30.3 Å². The van der Waals surface area contributed by atoms with E-state index in [2.05, 4.69) is 5.16 Å². The summed E-state index contributed by atoms with van der Waals surface area (Å²) in [6.07, 6.45) is 1.51. The highest BCUT2D eigenvalue weighted by atomic mass is 16.6. The van der Waals surface area contributed by atoms with Crippen molar-refractivity contribution in [2.24, 2.45) is 5.16 Å². The second-order valence-electron chi connectivity index (χ2n) is 5.02. The molecular weight excluding hydrogens is 284 g/mol. The molecule has 0 spiro atoms. The van der Waals surface area contributed by atoms with Gasteiger partial charge in [0.1, 0.15) is 6.61 Å². The highest BCUT2D eigenvalue weighted by molar-refractivity contribution is 5.68. The Morgan fingerprint density at radius 2 is 2.05 bits per heavy atom. The summed E-state index contributed by atoms with van der Waals surface area (Å²) in [5.74, 6) is -0.804. The monoisotopic (exact) mass is 302 g/mol. The summed E-state index contributed by atoms with van der Waals surface area (Å²) in [5.41, 5.74) is 1.32. The lowest BCUT2D eigenvalue weighted by atomic mass is 9.99. The van der Waals surface area contributed by atoms with Gasteiger partial charge in [-0.2, -0.15) is 0 Å². The Kier molecular flexibility index (Phi) is 4.83. The lowest BCUT2D eigenvalue weighted by molar-refractivity contribution is 0.131. The van der Waals surface area contributed by atoms with Gasteiger partial charge in [0.05, 0.1) is 6.21 Å². The Morgan fingerprint density at radius 3 is 2.73 bits per heavy atom. The minimum absolute atomic E-state index is 0.220. The quantitative estimate of drug-likeness (QED) is 0.504. The number of hydrogen-bond donors (Lipinski definition) is 2. The molecule has 0 saturated heterocycles. The number of nitrogens with zero attached hydrogens (tertiary/aromatic N) is 2. The van der Waals surface area contributed by atoms with Crippen molar-refractivity contribution in [3.8, 4) is 5.88 Å². The SMILES string of the molecule is Cc1cc(=O)n(O)c(O)c1C(C)/C=N\OCc1ccccc1. The Morgan fingerprint density at radius 1 is 1.36 bits per heavy atom. The molecule has 2 N–H and O–H groups in total. The van der Waals surface area contributed by atoms with Crippen molar-refractivity contribution >= 4 is 6.21 Å². The van der Waals surface area contributed by atoms with E-state index in [1.54, 1.807) is 13.8 Å². The maximum Gasteiger partial charge on any atom is 0.286 e. The molecule has 0 aliphatic rings.